The van der Waals surface area contributed by atoms with Gasteiger partial charge in [0.2, 0.25) is 5.91 Å². The molecule has 2 rings (SSSR count). The fourth-order valence-corrected chi connectivity index (χ4v) is 3.88. The van der Waals surface area contributed by atoms with Crippen molar-refractivity contribution < 1.29 is 4.79 Å². The summed E-state index contributed by atoms with van der Waals surface area (Å²) in [5.74, 6) is -0.995. The Bertz CT molecular complexity index is 768. The molecule has 0 saturated heterocycles. The van der Waals surface area contributed by atoms with Gasteiger partial charge in [-0.15, -0.1) is 23.2 Å². The van der Waals surface area contributed by atoms with Crippen molar-refractivity contribution in [3.05, 3.63) is 59.3 Å². The van der Waals surface area contributed by atoms with E-state index in [4.69, 9.17) is 34.8 Å². The lowest BCUT2D eigenvalue weighted by molar-refractivity contribution is -0.117. The molecular weight excluding hydrogens is 379 g/mol. The van der Waals surface area contributed by atoms with Crippen LogP contribution in [0.4, 0.5) is 5.69 Å². The largest absolute Gasteiger partial charge is 0.359 e. The summed E-state index contributed by atoms with van der Waals surface area (Å²) in [5.41, 5.74) is 3.69. The molecule has 1 aromatic carbocycles. The van der Waals surface area contributed by atoms with Crippen LogP contribution in [-0.4, -0.2) is 10.2 Å². The summed E-state index contributed by atoms with van der Waals surface area (Å²) >= 11 is 18.7. The lowest BCUT2D eigenvalue weighted by atomic mass is 10.1. The van der Waals surface area contributed by atoms with Gasteiger partial charge in [0.15, 0.2) is 0 Å². The van der Waals surface area contributed by atoms with Crippen LogP contribution in [0, 0.1) is 11.8 Å². The van der Waals surface area contributed by atoms with Gasteiger partial charge in [-0.1, -0.05) is 36.4 Å². The number of carbonyl (C=O) groups is 1. The molecule has 1 saturated carbocycles. The van der Waals surface area contributed by atoms with Crippen molar-refractivity contribution in [2.45, 2.75) is 25.1 Å². The standard InChI is InChI=1S/C19H21Cl3N2O/c1-6-11(4)23-12(5)14-9-13(7-8-15(14)20)24-18(25)17-16(10(2)3)19(17,21)22/h6-9,16-17,23H,2,5H2,1,3-4H3,(H,24,25)/b11-6+. The summed E-state index contributed by atoms with van der Waals surface area (Å²) in [5, 5.41) is 6.53. The van der Waals surface area contributed by atoms with Crippen molar-refractivity contribution in [1.29, 1.82) is 0 Å². The third-order valence-electron chi connectivity index (χ3n) is 4.21. The van der Waals surface area contributed by atoms with Crippen molar-refractivity contribution >= 4 is 52.1 Å². The zero-order valence-electron chi connectivity index (χ0n) is 14.4. The van der Waals surface area contributed by atoms with Gasteiger partial charge in [0.1, 0.15) is 4.33 Å². The van der Waals surface area contributed by atoms with Gasteiger partial charge in [-0.25, -0.2) is 0 Å². The number of anilines is 1. The highest BCUT2D eigenvalue weighted by atomic mass is 35.5. The molecule has 0 aliphatic heterocycles. The maximum absolute atomic E-state index is 12.5. The molecule has 1 aromatic rings. The highest BCUT2D eigenvalue weighted by Crippen LogP contribution is 2.62. The molecular formula is C19H21Cl3N2O. The summed E-state index contributed by atoms with van der Waals surface area (Å²) in [6, 6.07) is 5.20. The third kappa shape index (κ3) is 4.22. The predicted octanol–water partition coefficient (Wildman–Crippen LogP) is 5.76. The van der Waals surface area contributed by atoms with E-state index in [2.05, 4.69) is 23.8 Å². The number of nitrogens with one attached hydrogen (secondary N) is 2. The van der Waals surface area contributed by atoms with Gasteiger partial charge in [0.25, 0.3) is 0 Å². The Kier molecular flexibility index (Phi) is 5.93. The molecule has 2 atom stereocenters. The van der Waals surface area contributed by atoms with Gasteiger partial charge in [-0.05, 0) is 39.0 Å². The molecule has 1 aliphatic rings. The molecule has 2 N–H and O–H groups in total. The van der Waals surface area contributed by atoms with Crippen molar-refractivity contribution in [3.8, 4) is 0 Å². The molecule has 2 unspecified atom stereocenters. The molecule has 134 valence electrons. The molecule has 1 amide bonds. The zero-order chi connectivity index (χ0) is 18.9. The van der Waals surface area contributed by atoms with Crippen molar-refractivity contribution in [2.75, 3.05) is 5.32 Å². The predicted molar refractivity (Wildman–Crippen MR) is 108 cm³/mol. The van der Waals surface area contributed by atoms with Crippen LogP contribution < -0.4 is 10.6 Å². The van der Waals surface area contributed by atoms with Crippen LogP contribution in [0.1, 0.15) is 26.3 Å². The number of hydrogen-bond donors (Lipinski definition) is 2. The number of benzene rings is 1. The molecule has 3 nitrogen and oxygen atoms in total. The van der Waals surface area contributed by atoms with Crippen LogP contribution in [0.25, 0.3) is 5.70 Å². The van der Waals surface area contributed by atoms with Gasteiger partial charge in [-0.3, -0.25) is 4.79 Å². The fraction of sp³-hybridized carbons (Fsp3) is 0.316. The molecule has 0 aromatic heterocycles. The van der Waals surface area contributed by atoms with E-state index in [-0.39, 0.29) is 11.8 Å². The Balaban J connectivity index is 2.16. The Labute approximate surface area is 163 Å². The first kappa shape index (κ1) is 19.9. The number of allylic oxidation sites excluding steroid dienone is 3. The van der Waals surface area contributed by atoms with Gasteiger partial charge in [-0.2, -0.15) is 0 Å². The van der Waals surface area contributed by atoms with E-state index in [9.17, 15) is 4.79 Å². The fourth-order valence-electron chi connectivity index (χ4n) is 2.70. The van der Waals surface area contributed by atoms with Gasteiger partial charge in [0, 0.05) is 28.6 Å². The maximum Gasteiger partial charge on any atom is 0.231 e. The summed E-state index contributed by atoms with van der Waals surface area (Å²) in [7, 11) is 0. The lowest BCUT2D eigenvalue weighted by Crippen LogP contribution is -2.17. The topological polar surface area (TPSA) is 41.1 Å². The minimum Gasteiger partial charge on any atom is -0.359 e. The molecule has 25 heavy (non-hydrogen) atoms. The van der Waals surface area contributed by atoms with E-state index >= 15 is 0 Å². The third-order valence-corrected chi connectivity index (χ3v) is 5.48. The monoisotopic (exact) mass is 398 g/mol. The van der Waals surface area contributed by atoms with Gasteiger partial charge in [0.05, 0.1) is 10.9 Å². The average molecular weight is 400 g/mol. The van der Waals surface area contributed by atoms with Crippen molar-refractivity contribution in [3.63, 3.8) is 0 Å². The first-order valence-electron chi connectivity index (χ1n) is 7.82. The molecule has 0 spiro atoms. The summed E-state index contributed by atoms with van der Waals surface area (Å²) < 4.78 is -1.10. The first-order chi connectivity index (χ1) is 11.6. The second-order valence-corrected chi connectivity index (χ2v) is 8.09. The maximum atomic E-state index is 12.5. The summed E-state index contributed by atoms with van der Waals surface area (Å²) in [6.07, 6.45) is 1.93. The SMILES string of the molecule is C=C(N/C(C)=C/C)c1cc(NC(=O)C2C(C(=C)C)C2(Cl)Cl)ccc1Cl. The van der Waals surface area contributed by atoms with Crippen LogP contribution in [0.2, 0.25) is 5.02 Å². The average Bonchev–Trinajstić information content (AvgIpc) is 3.11. The van der Waals surface area contributed by atoms with E-state index in [1.807, 2.05) is 26.8 Å². The number of hydrogen-bond acceptors (Lipinski definition) is 2. The van der Waals surface area contributed by atoms with Gasteiger partial charge < -0.3 is 10.6 Å². The van der Waals surface area contributed by atoms with E-state index in [1.54, 1.807) is 18.2 Å². The quantitative estimate of drug-likeness (QED) is 0.472. The van der Waals surface area contributed by atoms with Crippen LogP contribution >= 0.6 is 34.8 Å². The van der Waals surface area contributed by atoms with E-state index < -0.39 is 10.3 Å². The first-order valence-corrected chi connectivity index (χ1v) is 8.95. The molecule has 1 fully saturated rings. The Morgan fingerprint density at radius 1 is 1.24 bits per heavy atom. The molecule has 0 bridgehead atoms. The minimum atomic E-state index is -1.10. The van der Waals surface area contributed by atoms with Gasteiger partial charge >= 0.3 is 0 Å². The molecule has 0 heterocycles. The summed E-state index contributed by atoms with van der Waals surface area (Å²) in [6.45, 7) is 13.5. The highest BCUT2D eigenvalue weighted by Gasteiger charge is 2.67. The highest BCUT2D eigenvalue weighted by molar-refractivity contribution is 6.53. The number of halogens is 3. The lowest BCUT2D eigenvalue weighted by Gasteiger charge is -2.13. The van der Waals surface area contributed by atoms with E-state index in [0.29, 0.717) is 22.0 Å². The Morgan fingerprint density at radius 3 is 2.40 bits per heavy atom. The zero-order valence-corrected chi connectivity index (χ0v) is 16.7. The number of amides is 1. The van der Waals surface area contributed by atoms with Crippen LogP contribution in [0.15, 0.2) is 48.7 Å². The van der Waals surface area contributed by atoms with E-state index in [0.717, 1.165) is 11.3 Å². The molecule has 1 aliphatic carbocycles. The van der Waals surface area contributed by atoms with Crippen LogP contribution in [-0.2, 0) is 4.79 Å². The second-order valence-electron chi connectivity index (χ2n) is 6.24. The normalized spacial score (nSPS) is 21.4. The van der Waals surface area contributed by atoms with E-state index in [1.165, 1.54) is 0 Å². The Morgan fingerprint density at radius 2 is 1.88 bits per heavy atom. The molecule has 6 heteroatoms. The minimum absolute atomic E-state index is 0.239. The smallest absolute Gasteiger partial charge is 0.231 e. The molecule has 0 radical (unpaired) electrons. The van der Waals surface area contributed by atoms with Crippen LogP contribution in [0.3, 0.4) is 0 Å². The number of alkyl halides is 2. The van der Waals surface area contributed by atoms with Crippen molar-refractivity contribution in [2.24, 2.45) is 11.8 Å². The van der Waals surface area contributed by atoms with Crippen LogP contribution in [0.5, 0.6) is 0 Å². The number of carbonyl (C=O) groups excluding carboxylic acids is 1. The Hall–Kier alpha value is -1.42. The second kappa shape index (κ2) is 7.45. The van der Waals surface area contributed by atoms with Crippen molar-refractivity contribution in [1.82, 2.24) is 5.32 Å². The number of rotatable bonds is 6. The summed E-state index contributed by atoms with van der Waals surface area (Å²) in [4.78, 5) is 12.5.